The van der Waals surface area contributed by atoms with Gasteiger partial charge < -0.3 is 4.74 Å². The Bertz CT molecular complexity index is 803. The van der Waals surface area contributed by atoms with Gasteiger partial charge in [-0.3, -0.25) is 20.4 Å². The fraction of sp³-hybridized carbons (Fsp3) is 0.500. The molecule has 1 atom stereocenters. The van der Waals surface area contributed by atoms with E-state index in [2.05, 4.69) is 10.9 Å². The topological polar surface area (TPSA) is 105 Å². The van der Waals surface area contributed by atoms with Crippen LogP contribution >= 0.6 is 23.2 Å². The van der Waals surface area contributed by atoms with E-state index in [-0.39, 0.29) is 13.0 Å². The van der Waals surface area contributed by atoms with Gasteiger partial charge in [-0.25, -0.2) is 8.42 Å². The molecule has 2 amide bonds. The molecule has 1 saturated heterocycles. The average Bonchev–Trinajstić information content (AvgIpc) is 3.08. The second kappa shape index (κ2) is 9.59. The van der Waals surface area contributed by atoms with Crippen LogP contribution in [0.1, 0.15) is 25.7 Å². The number of carbonyl (C=O) groups excluding carboxylic acids is 2. The number of nitrogens with one attached hydrogen (secondary N) is 2. The van der Waals surface area contributed by atoms with E-state index >= 15 is 0 Å². The smallest absolute Gasteiger partial charge is 0.256 e. The van der Waals surface area contributed by atoms with Crippen molar-refractivity contribution in [2.75, 3.05) is 19.4 Å². The van der Waals surface area contributed by atoms with E-state index in [1.54, 1.807) is 18.2 Å². The second-order valence-corrected chi connectivity index (χ2v) is 8.87. The number of halogens is 2. The summed E-state index contributed by atoms with van der Waals surface area (Å²) in [5, 5.41) is 0.880. The lowest BCUT2D eigenvalue weighted by atomic mass is 10.2. The molecule has 1 aliphatic heterocycles. The van der Waals surface area contributed by atoms with Crippen LogP contribution in [0, 0.1) is 0 Å². The monoisotopic (exact) mass is 437 g/mol. The third-order valence-corrected chi connectivity index (χ3v) is 5.78. The number of nitrogens with zero attached hydrogens (tertiary/aromatic N) is 1. The van der Waals surface area contributed by atoms with Gasteiger partial charge in [-0.2, -0.15) is 4.31 Å². The number of hydrogen-bond donors (Lipinski definition) is 2. The Kier molecular flexibility index (Phi) is 7.72. The van der Waals surface area contributed by atoms with Crippen molar-refractivity contribution in [3.63, 3.8) is 0 Å². The molecule has 0 saturated carbocycles. The number of hydrazine groups is 1. The Morgan fingerprint density at radius 1 is 1.30 bits per heavy atom. The summed E-state index contributed by atoms with van der Waals surface area (Å²) >= 11 is 11.8. The van der Waals surface area contributed by atoms with Gasteiger partial charge >= 0.3 is 0 Å². The first-order chi connectivity index (χ1) is 12.7. The van der Waals surface area contributed by atoms with E-state index < -0.39 is 27.9 Å². The largest absolute Gasteiger partial charge is 0.492 e. The molecule has 0 radical (unpaired) electrons. The minimum Gasteiger partial charge on any atom is -0.492 e. The summed E-state index contributed by atoms with van der Waals surface area (Å²) in [7, 11) is -3.46. The minimum absolute atomic E-state index is 0.117. The number of benzene rings is 1. The third-order valence-electron chi connectivity index (χ3n) is 3.96. The predicted molar refractivity (Wildman–Crippen MR) is 102 cm³/mol. The van der Waals surface area contributed by atoms with Gasteiger partial charge in [0.15, 0.2) is 0 Å². The number of hydrogen-bond acceptors (Lipinski definition) is 5. The standard InChI is InChI=1S/C16H21Cl2N3O5S/c1-27(24,25)21-8-2-4-13(21)16(23)20-19-15(22)5-3-9-26-14-7-6-11(17)10-12(14)18/h6-7,10,13H,2-5,8-9H2,1H3,(H,19,22)(H,20,23). The Hall–Kier alpha value is -1.55. The molecule has 0 spiro atoms. The number of sulfonamides is 1. The Balaban J connectivity index is 1.69. The summed E-state index contributed by atoms with van der Waals surface area (Å²) in [6.45, 7) is 0.558. The van der Waals surface area contributed by atoms with Gasteiger partial charge in [-0.1, -0.05) is 23.2 Å². The van der Waals surface area contributed by atoms with Crippen molar-refractivity contribution in [1.82, 2.24) is 15.2 Å². The quantitative estimate of drug-likeness (QED) is 0.498. The van der Waals surface area contributed by atoms with Crippen LogP contribution in [0.25, 0.3) is 0 Å². The van der Waals surface area contributed by atoms with E-state index in [1.807, 2.05) is 0 Å². The van der Waals surface area contributed by atoms with Gasteiger partial charge in [0.1, 0.15) is 11.8 Å². The molecule has 1 heterocycles. The zero-order valence-corrected chi connectivity index (χ0v) is 17.0. The van der Waals surface area contributed by atoms with Gasteiger partial charge in [0.2, 0.25) is 15.9 Å². The molecular weight excluding hydrogens is 417 g/mol. The average molecular weight is 438 g/mol. The fourth-order valence-electron chi connectivity index (χ4n) is 2.68. The molecule has 2 N–H and O–H groups in total. The molecule has 11 heteroatoms. The summed E-state index contributed by atoms with van der Waals surface area (Å²) in [4.78, 5) is 23.9. The molecule has 0 aromatic heterocycles. The van der Waals surface area contributed by atoms with E-state index in [9.17, 15) is 18.0 Å². The SMILES string of the molecule is CS(=O)(=O)N1CCCC1C(=O)NNC(=O)CCCOc1ccc(Cl)cc1Cl. The summed E-state index contributed by atoms with van der Waals surface area (Å²) in [6, 6.07) is 4.05. The highest BCUT2D eigenvalue weighted by atomic mass is 35.5. The zero-order valence-electron chi connectivity index (χ0n) is 14.7. The van der Waals surface area contributed by atoms with E-state index in [0.717, 1.165) is 10.6 Å². The van der Waals surface area contributed by atoms with Crippen LogP contribution < -0.4 is 15.6 Å². The number of carbonyl (C=O) groups is 2. The molecule has 27 heavy (non-hydrogen) atoms. The fourth-order valence-corrected chi connectivity index (χ4v) is 4.27. The number of rotatable bonds is 7. The van der Waals surface area contributed by atoms with Gasteiger partial charge in [0.05, 0.1) is 17.9 Å². The molecule has 2 rings (SSSR count). The minimum atomic E-state index is -3.46. The van der Waals surface area contributed by atoms with Crippen LogP contribution in [0.2, 0.25) is 10.0 Å². The lowest BCUT2D eigenvalue weighted by Gasteiger charge is -2.21. The summed E-state index contributed by atoms with van der Waals surface area (Å²) in [6.07, 6.45) is 2.60. The molecule has 0 aliphatic carbocycles. The predicted octanol–water partition coefficient (Wildman–Crippen LogP) is 1.72. The van der Waals surface area contributed by atoms with Crippen molar-refractivity contribution in [3.8, 4) is 5.75 Å². The molecule has 8 nitrogen and oxygen atoms in total. The lowest BCUT2D eigenvalue weighted by Crippen LogP contribution is -2.51. The van der Waals surface area contributed by atoms with Crippen LogP contribution in [0.4, 0.5) is 0 Å². The molecule has 1 aliphatic rings. The van der Waals surface area contributed by atoms with Crippen molar-refractivity contribution in [2.24, 2.45) is 0 Å². The third kappa shape index (κ3) is 6.53. The molecule has 1 aromatic rings. The van der Waals surface area contributed by atoms with Crippen molar-refractivity contribution in [1.29, 1.82) is 0 Å². The number of amides is 2. The van der Waals surface area contributed by atoms with E-state index in [4.69, 9.17) is 27.9 Å². The highest BCUT2D eigenvalue weighted by molar-refractivity contribution is 7.88. The maximum Gasteiger partial charge on any atom is 0.256 e. The highest BCUT2D eigenvalue weighted by Crippen LogP contribution is 2.27. The number of ether oxygens (including phenoxy) is 1. The molecule has 1 fully saturated rings. The maximum absolute atomic E-state index is 12.1. The first kappa shape index (κ1) is 21.7. The molecule has 0 bridgehead atoms. The molecule has 1 unspecified atom stereocenters. The van der Waals surface area contributed by atoms with E-state index in [0.29, 0.717) is 41.6 Å². The van der Waals surface area contributed by atoms with Crippen molar-refractivity contribution >= 4 is 45.0 Å². The second-order valence-electron chi connectivity index (χ2n) is 6.10. The highest BCUT2D eigenvalue weighted by Gasteiger charge is 2.36. The summed E-state index contributed by atoms with van der Waals surface area (Å²) < 4.78 is 29.9. The van der Waals surface area contributed by atoms with Crippen LogP contribution in [0.3, 0.4) is 0 Å². The van der Waals surface area contributed by atoms with Crippen LogP contribution in [-0.2, 0) is 19.6 Å². The first-order valence-electron chi connectivity index (χ1n) is 8.32. The van der Waals surface area contributed by atoms with Crippen molar-refractivity contribution in [3.05, 3.63) is 28.2 Å². The lowest BCUT2D eigenvalue weighted by molar-refractivity contribution is -0.130. The Morgan fingerprint density at radius 2 is 2.04 bits per heavy atom. The van der Waals surface area contributed by atoms with Crippen LogP contribution in [0.15, 0.2) is 18.2 Å². The summed E-state index contributed by atoms with van der Waals surface area (Å²) in [5.41, 5.74) is 4.57. The molecular formula is C16H21Cl2N3O5S. The van der Waals surface area contributed by atoms with Gasteiger partial charge in [-0.05, 0) is 37.5 Å². The summed E-state index contributed by atoms with van der Waals surface area (Å²) in [5.74, 6) is -0.481. The van der Waals surface area contributed by atoms with Gasteiger partial charge in [0.25, 0.3) is 5.91 Å². The van der Waals surface area contributed by atoms with E-state index in [1.165, 1.54) is 0 Å². The van der Waals surface area contributed by atoms with Crippen molar-refractivity contribution in [2.45, 2.75) is 31.7 Å². The Morgan fingerprint density at radius 3 is 2.70 bits per heavy atom. The van der Waals surface area contributed by atoms with Crippen molar-refractivity contribution < 1.29 is 22.7 Å². The van der Waals surface area contributed by atoms with Gasteiger partial charge in [-0.15, -0.1) is 0 Å². The molecule has 150 valence electrons. The normalized spacial score (nSPS) is 17.5. The Labute approximate surface area is 168 Å². The zero-order chi connectivity index (χ0) is 20.0. The maximum atomic E-state index is 12.1. The molecule has 1 aromatic carbocycles. The van der Waals surface area contributed by atoms with Gasteiger partial charge in [0, 0.05) is 18.0 Å². The first-order valence-corrected chi connectivity index (χ1v) is 10.9. The van der Waals surface area contributed by atoms with Crippen LogP contribution in [0.5, 0.6) is 5.75 Å². The van der Waals surface area contributed by atoms with Crippen LogP contribution in [-0.4, -0.2) is 50.0 Å².